The van der Waals surface area contributed by atoms with E-state index in [0.717, 1.165) is 23.1 Å². The van der Waals surface area contributed by atoms with Crippen molar-refractivity contribution < 1.29 is 4.74 Å². The topological polar surface area (TPSA) is 38.6 Å². The largest absolute Gasteiger partial charge is 0.480 e. The van der Waals surface area contributed by atoms with Crippen LogP contribution in [-0.2, 0) is 6.54 Å². The molecule has 2 heterocycles. The molecular weight excluding hydrogens is 258 g/mol. The Kier molecular flexibility index (Phi) is 5.22. The summed E-state index contributed by atoms with van der Waals surface area (Å²) in [6.45, 7) is 5.28. The number of hydrogen-bond acceptors (Lipinski definition) is 4. The van der Waals surface area contributed by atoms with Gasteiger partial charge in [0.2, 0.25) is 5.88 Å². The number of nitrogens with one attached hydrogen (secondary N) is 1. The van der Waals surface area contributed by atoms with Gasteiger partial charge in [-0.25, -0.2) is 0 Å². The van der Waals surface area contributed by atoms with E-state index in [4.69, 9.17) is 4.74 Å². The van der Waals surface area contributed by atoms with Crippen molar-refractivity contribution >= 4 is 16.3 Å². The minimum Gasteiger partial charge on any atom is -0.480 e. The zero-order valence-corrected chi connectivity index (χ0v) is 12.8. The fraction of sp³-hybridized carbons (Fsp3) is 0.643. The average Bonchev–Trinajstić information content (AvgIpc) is 2.97. The molecule has 4 nitrogen and oxygen atoms in total. The molecule has 0 aromatic carbocycles. The Bertz CT molecular complexity index is 506. The smallest absolute Gasteiger partial charge is 0.237 e. The molecule has 1 unspecified atom stereocenters. The Labute approximate surface area is 118 Å². The first-order valence-electron chi connectivity index (χ1n) is 6.98. The maximum Gasteiger partial charge on any atom is 0.237 e. The number of unbranched alkanes of at least 4 members (excludes halogenated alkanes) is 2. The second-order valence-corrected chi connectivity index (χ2v) is 5.77. The number of fused-ring (bicyclic) bond motifs is 1. The van der Waals surface area contributed by atoms with E-state index in [-0.39, 0.29) is 0 Å². The summed E-state index contributed by atoms with van der Waals surface area (Å²) in [6.07, 6.45) is 7.16. The minimum absolute atomic E-state index is 0.528. The Hall–Kier alpha value is -1.07. The summed E-state index contributed by atoms with van der Waals surface area (Å²) in [7, 11) is 1.68. The van der Waals surface area contributed by atoms with Gasteiger partial charge in [0.05, 0.1) is 7.11 Å². The molecule has 0 spiro atoms. The Morgan fingerprint density at radius 2 is 2.32 bits per heavy atom. The molecule has 106 valence electrons. The Balaban J connectivity index is 1.94. The molecule has 1 atom stereocenters. The van der Waals surface area contributed by atoms with Crippen LogP contribution in [0.15, 0.2) is 11.6 Å². The zero-order valence-electron chi connectivity index (χ0n) is 12.0. The quantitative estimate of drug-likeness (QED) is 0.753. The van der Waals surface area contributed by atoms with Gasteiger partial charge in [0.25, 0.3) is 0 Å². The molecule has 0 aliphatic heterocycles. The van der Waals surface area contributed by atoms with Crippen molar-refractivity contribution in [2.75, 3.05) is 7.11 Å². The van der Waals surface area contributed by atoms with Crippen LogP contribution in [0, 0.1) is 0 Å². The van der Waals surface area contributed by atoms with Crippen molar-refractivity contribution in [3.8, 4) is 5.88 Å². The maximum atomic E-state index is 5.35. The third-order valence-electron chi connectivity index (χ3n) is 3.38. The van der Waals surface area contributed by atoms with Gasteiger partial charge in [-0.1, -0.05) is 26.2 Å². The molecule has 0 aliphatic rings. The molecule has 0 saturated carbocycles. The number of rotatable bonds is 8. The monoisotopic (exact) mass is 281 g/mol. The van der Waals surface area contributed by atoms with Gasteiger partial charge in [0.15, 0.2) is 4.96 Å². The second-order valence-electron chi connectivity index (χ2n) is 4.90. The normalized spacial score (nSPS) is 13.0. The molecule has 2 aromatic heterocycles. The molecule has 19 heavy (non-hydrogen) atoms. The Morgan fingerprint density at radius 1 is 1.47 bits per heavy atom. The molecule has 0 fully saturated rings. The van der Waals surface area contributed by atoms with Crippen molar-refractivity contribution in [1.82, 2.24) is 14.7 Å². The molecule has 0 bridgehead atoms. The lowest BCUT2D eigenvalue weighted by molar-refractivity contribution is 0.389. The average molecular weight is 281 g/mol. The summed E-state index contributed by atoms with van der Waals surface area (Å²) in [4.78, 5) is 5.46. The first kappa shape index (κ1) is 14.3. The third-order valence-corrected chi connectivity index (χ3v) is 4.13. The fourth-order valence-electron chi connectivity index (χ4n) is 2.21. The predicted octanol–water partition coefficient (Wildman–Crippen LogP) is 3.46. The van der Waals surface area contributed by atoms with Gasteiger partial charge in [-0.15, -0.1) is 11.3 Å². The van der Waals surface area contributed by atoms with Crippen LogP contribution >= 0.6 is 11.3 Å². The number of ether oxygens (including phenoxy) is 1. The van der Waals surface area contributed by atoms with Gasteiger partial charge in [0.1, 0.15) is 5.69 Å². The van der Waals surface area contributed by atoms with Crippen LogP contribution in [0.3, 0.4) is 0 Å². The molecule has 0 amide bonds. The van der Waals surface area contributed by atoms with E-state index in [1.807, 2.05) is 6.20 Å². The van der Waals surface area contributed by atoms with Crippen LogP contribution in [0.1, 0.15) is 45.2 Å². The third kappa shape index (κ3) is 3.48. The number of aromatic nitrogens is 2. The minimum atomic E-state index is 0.528. The van der Waals surface area contributed by atoms with Crippen LogP contribution in [0.25, 0.3) is 4.96 Å². The Morgan fingerprint density at radius 3 is 3.05 bits per heavy atom. The van der Waals surface area contributed by atoms with Gasteiger partial charge in [-0.05, 0) is 13.3 Å². The van der Waals surface area contributed by atoms with E-state index in [0.29, 0.717) is 6.04 Å². The van der Waals surface area contributed by atoms with Gasteiger partial charge in [0, 0.05) is 24.2 Å². The highest BCUT2D eigenvalue weighted by Crippen LogP contribution is 2.23. The predicted molar refractivity (Wildman–Crippen MR) is 80.1 cm³/mol. The van der Waals surface area contributed by atoms with E-state index in [2.05, 4.69) is 33.9 Å². The van der Waals surface area contributed by atoms with Crippen LogP contribution in [0.2, 0.25) is 0 Å². The molecule has 0 radical (unpaired) electrons. The molecular formula is C14H23N3OS. The first-order chi connectivity index (χ1) is 9.26. The van der Waals surface area contributed by atoms with Gasteiger partial charge >= 0.3 is 0 Å². The van der Waals surface area contributed by atoms with Crippen molar-refractivity contribution in [3.63, 3.8) is 0 Å². The van der Waals surface area contributed by atoms with E-state index in [9.17, 15) is 0 Å². The number of nitrogens with zero attached hydrogens (tertiary/aromatic N) is 2. The van der Waals surface area contributed by atoms with Crippen molar-refractivity contribution in [1.29, 1.82) is 0 Å². The van der Waals surface area contributed by atoms with Gasteiger partial charge < -0.3 is 10.1 Å². The number of imidazole rings is 1. The van der Waals surface area contributed by atoms with E-state index < -0.39 is 0 Å². The standard InChI is InChI=1S/C14H23N3OS/c1-4-5-6-7-11(2)15-10-12-13(18-3)16-14-17(12)8-9-19-14/h8-9,11,15H,4-7,10H2,1-3H3. The lowest BCUT2D eigenvalue weighted by atomic mass is 10.1. The summed E-state index contributed by atoms with van der Waals surface area (Å²) in [5, 5.41) is 5.62. The first-order valence-corrected chi connectivity index (χ1v) is 7.86. The lowest BCUT2D eigenvalue weighted by Crippen LogP contribution is -2.26. The molecule has 2 aromatic rings. The molecule has 5 heteroatoms. The molecule has 0 aliphatic carbocycles. The summed E-state index contributed by atoms with van der Waals surface area (Å²) in [6, 6.07) is 0.528. The van der Waals surface area contributed by atoms with E-state index >= 15 is 0 Å². The zero-order chi connectivity index (χ0) is 13.7. The van der Waals surface area contributed by atoms with Crippen LogP contribution in [0.5, 0.6) is 5.88 Å². The molecule has 2 rings (SSSR count). The number of hydrogen-bond donors (Lipinski definition) is 1. The van der Waals surface area contributed by atoms with Gasteiger partial charge in [-0.3, -0.25) is 4.40 Å². The summed E-state index contributed by atoms with van der Waals surface area (Å²) >= 11 is 1.63. The lowest BCUT2D eigenvalue weighted by Gasteiger charge is -2.13. The van der Waals surface area contributed by atoms with Crippen LogP contribution < -0.4 is 10.1 Å². The van der Waals surface area contributed by atoms with Crippen molar-refractivity contribution in [3.05, 3.63) is 17.3 Å². The number of methoxy groups -OCH3 is 1. The highest BCUT2D eigenvalue weighted by molar-refractivity contribution is 7.15. The molecule has 0 saturated heterocycles. The van der Waals surface area contributed by atoms with Crippen molar-refractivity contribution in [2.24, 2.45) is 0 Å². The summed E-state index contributed by atoms with van der Waals surface area (Å²) in [5.74, 6) is 0.736. The van der Waals surface area contributed by atoms with Gasteiger partial charge in [-0.2, -0.15) is 4.98 Å². The van der Waals surface area contributed by atoms with Crippen LogP contribution in [0.4, 0.5) is 0 Å². The summed E-state index contributed by atoms with van der Waals surface area (Å²) < 4.78 is 7.46. The SMILES string of the molecule is CCCCCC(C)NCc1c(OC)nc2sccn12. The van der Waals surface area contributed by atoms with E-state index in [1.165, 1.54) is 25.7 Å². The second kappa shape index (κ2) is 6.91. The van der Waals surface area contributed by atoms with Crippen LogP contribution in [-0.4, -0.2) is 22.5 Å². The summed E-state index contributed by atoms with van der Waals surface area (Å²) in [5.41, 5.74) is 1.11. The van der Waals surface area contributed by atoms with Crippen molar-refractivity contribution in [2.45, 2.75) is 52.1 Å². The van der Waals surface area contributed by atoms with E-state index in [1.54, 1.807) is 18.4 Å². The maximum absolute atomic E-state index is 5.35. The fourth-order valence-corrected chi connectivity index (χ4v) is 2.94. The highest BCUT2D eigenvalue weighted by Gasteiger charge is 2.14. The highest BCUT2D eigenvalue weighted by atomic mass is 32.1. The molecule has 1 N–H and O–H groups in total. The number of thiazole rings is 1.